The van der Waals surface area contributed by atoms with Crippen LogP contribution in [0.5, 0.6) is 0 Å². The Balaban J connectivity index is 2.03. The topological polar surface area (TPSA) is 33.5 Å². The molecule has 2 aromatic rings. The van der Waals surface area contributed by atoms with E-state index >= 15 is 0 Å². The normalized spacial score (nSPS) is 13.6. The van der Waals surface area contributed by atoms with Crippen molar-refractivity contribution in [2.45, 2.75) is 26.4 Å². The van der Waals surface area contributed by atoms with E-state index in [0.717, 1.165) is 13.1 Å². The van der Waals surface area contributed by atoms with E-state index in [9.17, 15) is 4.79 Å². The van der Waals surface area contributed by atoms with Crippen LogP contribution in [0.25, 0.3) is 0 Å². The predicted molar refractivity (Wildman–Crippen MR) is 94.1 cm³/mol. The van der Waals surface area contributed by atoms with Crippen molar-refractivity contribution in [3.05, 3.63) is 50.6 Å². The molecule has 1 aromatic carbocycles. The van der Waals surface area contributed by atoms with Gasteiger partial charge < -0.3 is 10.2 Å². The highest BCUT2D eigenvalue weighted by Crippen LogP contribution is 2.25. The van der Waals surface area contributed by atoms with Gasteiger partial charge in [-0.05, 0) is 43.5 Å². The summed E-state index contributed by atoms with van der Waals surface area (Å²) >= 11 is 13.7. The Hall–Kier alpha value is -1.07. The van der Waals surface area contributed by atoms with Gasteiger partial charge in [0, 0.05) is 5.02 Å². The van der Waals surface area contributed by atoms with Crippen molar-refractivity contribution >= 4 is 46.1 Å². The summed E-state index contributed by atoms with van der Waals surface area (Å²) in [6.45, 7) is 5.74. The lowest BCUT2D eigenvalue weighted by Gasteiger charge is -2.23. The van der Waals surface area contributed by atoms with Crippen LogP contribution < -0.4 is 10.2 Å². The van der Waals surface area contributed by atoms with Crippen LogP contribution >= 0.6 is 34.5 Å². The third-order valence-corrected chi connectivity index (χ3v) is 5.05. The molecule has 0 aliphatic rings. The molecule has 1 unspecified atom stereocenters. The number of halogens is 2. The Kier molecular flexibility index (Phi) is 6.26. The number of anilines is 1. The van der Waals surface area contributed by atoms with Gasteiger partial charge in [-0.25, -0.2) is 0 Å². The second kappa shape index (κ2) is 7.97. The highest BCUT2D eigenvalue weighted by Gasteiger charge is 2.24. The highest BCUT2D eigenvalue weighted by molar-refractivity contribution is 7.09. The number of hydrogen-bond donors (Lipinski definition) is 2. The number of amides is 1. The number of carbonyl (C=O) groups is 1. The summed E-state index contributed by atoms with van der Waals surface area (Å²) in [4.78, 5) is 14.9. The van der Waals surface area contributed by atoms with E-state index in [1.54, 1.807) is 29.5 Å². The molecular formula is C16H19Cl2N2OS+. The first-order chi connectivity index (χ1) is 10.5. The SMILES string of the molecule is CC[NH+](Cc1cccs1)[C@@H](C)C(=O)Nc1ccc(Cl)cc1Cl. The minimum absolute atomic E-state index is 0.0439. The second-order valence-corrected chi connectivity index (χ2v) is 6.98. The molecule has 3 nitrogen and oxygen atoms in total. The zero-order valence-electron chi connectivity index (χ0n) is 12.5. The summed E-state index contributed by atoms with van der Waals surface area (Å²) in [5.41, 5.74) is 0.592. The predicted octanol–water partition coefficient (Wildman–Crippen LogP) is 3.49. The molecular weight excluding hydrogens is 339 g/mol. The van der Waals surface area contributed by atoms with Crippen LogP contribution in [0.4, 0.5) is 5.69 Å². The van der Waals surface area contributed by atoms with Crippen molar-refractivity contribution < 1.29 is 9.69 Å². The largest absolute Gasteiger partial charge is 0.321 e. The van der Waals surface area contributed by atoms with E-state index in [4.69, 9.17) is 23.2 Å². The van der Waals surface area contributed by atoms with Gasteiger partial charge in [-0.1, -0.05) is 29.3 Å². The Morgan fingerprint density at radius 3 is 2.73 bits per heavy atom. The summed E-state index contributed by atoms with van der Waals surface area (Å²) in [6.07, 6.45) is 0. The second-order valence-electron chi connectivity index (χ2n) is 5.10. The molecule has 0 aliphatic carbocycles. The van der Waals surface area contributed by atoms with Crippen molar-refractivity contribution in [1.82, 2.24) is 0 Å². The maximum atomic E-state index is 12.5. The molecule has 0 saturated heterocycles. The Labute approximate surface area is 144 Å². The Morgan fingerprint density at radius 1 is 1.36 bits per heavy atom. The highest BCUT2D eigenvalue weighted by atomic mass is 35.5. The summed E-state index contributed by atoms with van der Waals surface area (Å²) in [6, 6.07) is 9.02. The summed E-state index contributed by atoms with van der Waals surface area (Å²) < 4.78 is 0. The van der Waals surface area contributed by atoms with E-state index in [-0.39, 0.29) is 11.9 Å². The fraction of sp³-hybridized carbons (Fsp3) is 0.312. The van der Waals surface area contributed by atoms with Gasteiger partial charge in [0.25, 0.3) is 5.91 Å². The molecule has 0 spiro atoms. The van der Waals surface area contributed by atoms with Gasteiger partial charge in [0.05, 0.1) is 22.1 Å². The lowest BCUT2D eigenvalue weighted by molar-refractivity contribution is -0.925. The van der Waals surface area contributed by atoms with Crippen LogP contribution in [0, 0.1) is 0 Å². The zero-order valence-corrected chi connectivity index (χ0v) is 14.9. The first-order valence-corrected chi connectivity index (χ1v) is 8.77. The first-order valence-electron chi connectivity index (χ1n) is 7.14. The minimum atomic E-state index is -0.168. The smallest absolute Gasteiger partial charge is 0.282 e. The molecule has 0 radical (unpaired) electrons. The molecule has 2 atom stereocenters. The Bertz CT molecular complexity index is 631. The number of rotatable bonds is 6. The first kappa shape index (κ1) is 17.3. The molecule has 1 amide bonds. The third-order valence-electron chi connectivity index (χ3n) is 3.63. The maximum Gasteiger partial charge on any atom is 0.282 e. The number of quaternary nitrogens is 1. The molecule has 1 heterocycles. The molecule has 0 bridgehead atoms. The monoisotopic (exact) mass is 357 g/mol. The van der Waals surface area contributed by atoms with Crippen LogP contribution in [-0.2, 0) is 11.3 Å². The van der Waals surface area contributed by atoms with Crippen molar-refractivity contribution in [1.29, 1.82) is 0 Å². The molecule has 2 N–H and O–H groups in total. The van der Waals surface area contributed by atoms with E-state index in [1.165, 1.54) is 9.78 Å². The van der Waals surface area contributed by atoms with Crippen LogP contribution in [0.2, 0.25) is 10.0 Å². The Morgan fingerprint density at radius 2 is 2.14 bits per heavy atom. The number of nitrogens with one attached hydrogen (secondary N) is 2. The molecule has 118 valence electrons. The number of hydrogen-bond acceptors (Lipinski definition) is 2. The fourth-order valence-corrected chi connectivity index (χ4v) is 3.45. The van der Waals surface area contributed by atoms with Gasteiger partial charge >= 0.3 is 0 Å². The number of benzene rings is 1. The van der Waals surface area contributed by atoms with E-state index in [0.29, 0.717) is 15.7 Å². The van der Waals surface area contributed by atoms with Gasteiger partial charge in [-0.15, -0.1) is 11.3 Å². The van der Waals surface area contributed by atoms with Crippen molar-refractivity contribution in [3.63, 3.8) is 0 Å². The summed E-state index contributed by atoms with van der Waals surface area (Å²) in [7, 11) is 0. The maximum absolute atomic E-state index is 12.5. The molecule has 1 aromatic heterocycles. The van der Waals surface area contributed by atoms with Crippen LogP contribution in [0.15, 0.2) is 35.7 Å². The molecule has 0 aliphatic heterocycles. The van der Waals surface area contributed by atoms with Crippen LogP contribution in [0.1, 0.15) is 18.7 Å². The van der Waals surface area contributed by atoms with E-state index in [1.807, 2.05) is 13.0 Å². The van der Waals surface area contributed by atoms with Gasteiger partial charge in [0.1, 0.15) is 6.54 Å². The number of carbonyl (C=O) groups excluding carboxylic acids is 1. The zero-order chi connectivity index (χ0) is 16.1. The third kappa shape index (κ3) is 4.46. The van der Waals surface area contributed by atoms with Gasteiger partial charge in [0.2, 0.25) is 0 Å². The molecule has 0 saturated carbocycles. The standard InChI is InChI=1S/C16H18Cl2N2OS/c1-3-20(10-13-5-4-8-22-13)11(2)16(21)19-15-7-6-12(17)9-14(15)18/h4-9,11H,3,10H2,1-2H3,(H,19,21)/p+1/t11-/m0/s1. The average Bonchev–Trinajstić information content (AvgIpc) is 3.00. The molecule has 6 heteroatoms. The quantitative estimate of drug-likeness (QED) is 0.814. The van der Waals surface area contributed by atoms with Gasteiger partial charge in [-0.3, -0.25) is 4.79 Å². The van der Waals surface area contributed by atoms with Crippen molar-refractivity contribution in [2.24, 2.45) is 0 Å². The number of thiophene rings is 1. The fourth-order valence-electron chi connectivity index (χ4n) is 2.24. The van der Waals surface area contributed by atoms with E-state index in [2.05, 4.69) is 23.7 Å². The van der Waals surface area contributed by atoms with Crippen LogP contribution in [-0.4, -0.2) is 18.5 Å². The lowest BCUT2D eigenvalue weighted by Crippen LogP contribution is -3.15. The van der Waals surface area contributed by atoms with Crippen molar-refractivity contribution in [3.8, 4) is 0 Å². The van der Waals surface area contributed by atoms with Crippen molar-refractivity contribution in [2.75, 3.05) is 11.9 Å². The number of likely N-dealkylation sites (N-methyl/N-ethyl adjacent to an activating group) is 1. The minimum Gasteiger partial charge on any atom is -0.321 e. The molecule has 0 fully saturated rings. The molecule has 22 heavy (non-hydrogen) atoms. The van der Waals surface area contributed by atoms with Gasteiger partial charge in [-0.2, -0.15) is 0 Å². The van der Waals surface area contributed by atoms with Crippen LogP contribution in [0.3, 0.4) is 0 Å². The van der Waals surface area contributed by atoms with Gasteiger partial charge in [0.15, 0.2) is 6.04 Å². The molecule has 2 rings (SSSR count). The lowest BCUT2D eigenvalue weighted by atomic mass is 10.2. The average molecular weight is 358 g/mol. The summed E-state index contributed by atoms with van der Waals surface area (Å²) in [5, 5.41) is 5.94. The summed E-state index contributed by atoms with van der Waals surface area (Å²) in [5.74, 6) is -0.0439. The van der Waals surface area contributed by atoms with E-state index < -0.39 is 0 Å².